The van der Waals surface area contributed by atoms with Gasteiger partial charge in [0.1, 0.15) is 17.5 Å². The molecule has 5 N–H and O–H groups in total. The minimum atomic E-state index is 0.0233. The fourth-order valence-electron chi connectivity index (χ4n) is 1.90. The number of hydrogen-bond donors (Lipinski definition) is 4. The average molecular weight is 294 g/mol. The first-order chi connectivity index (χ1) is 9.97. The van der Waals surface area contributed by atoms with Gasteiger partial charge in [0, 0.05) is 31.0 Å². The minimum Gasteiger partial charge on any atom is -0.369 e. The average Bonchev–Trinajstić information content (AvgIpc) is 2.41. The Labute approximate surface area is 126 Å². The van der Waals surface area contributed by atoms with Gasteiger partial charge in [0.15, 0.2) is 0 Å². The lowest BCUT2D eigenvalue weighted by Crippen LogP contribution is -2.31. The van der Waals surface area contributed by atoms with Crippen LogP contribution in [0.15, 0.2) is 0 Å². The second kappa shape index (κ2) is 8.41. The van der Waals surface area contributed by atoms with Crippen LogP contribution in [0, 0.1) is 6.92 Å². The highest BCUT2D eigenvalue weighted by molar-refractivity contribution is 5.76. The van der Waals surface area contributed by atoms with E-state index < -0.39 is 0 Å². The Hall–Kier alpha value is -1.89. The van der Waals surface area contributed by atoms with Crippen LogP contribution in [0.2, 0.25) is 0 Å². The molecular formula is C14H26N6O. The zero-order valence-corrected chi connectivity index (χ0v) is 13.3. The Morgan fingerprint density at radius 3 is 2.52 bits per heavy atom. The van der Waals surface area contributed by atoms with Gasteiger partial charge in [-0.1, -0.05) is 6.92 Å². The zero-order chi connectivity index (χ0) is 15.8. The summed E-state index contributed by atoms with van der Waals surface area (Å²) < 4.78 is 0. The Morgan fingerprint density at radius 2 is 1.95 bits per heavy atom. The van der Waals surface area contributed by atoms with E-state index in [1.54, 1.807) is 0 Å². The van der Waals surface area contributed by atoms with Crippen LogP contribution in [0.3, 0.4) is 0 Å². The second-order valence-electron chi connectivity index (χ2n) is 5.26. The van der Waals surface area contributed by atoms with E-state index in [9.17, 15) is 4.79 Å². The number of hydrazine groups is 1. The number of nitrogens with two attached hydrogens (primary N) is 1. The second-order valence-corrected chi connectivity index (χ2v) is 5.26. The standard InChI is InChI=1S/C14H26N6O/c1-5-6-11-18-13(10(4)14(19-11)20-15)16-8-7-12(21)17-9(2)3/h9H,5-8,15H2,1-4H3,(H,17,21)(H2,16,18,19,20). The van der Waals surface area contributed by atoms with Gasteiger partial charge in [-0.05, 0) is 27.2 Å². The maximum Gasteiger partial charge on any atom is 0.221 e. The molecule has 0 atom stereocenters. The Bertz CT molecular complexity index is 475. The number of hydrogen-bond acceptors (Lipinski definition) is 6. The first kappa shape index (κ1) is 17.2. The van der Waals surface area contributed by atoms with Crippen LogP contribution in [0.1, 0.15) is 45.0 Å². The van der Waals surface area contributed by atoms with Crippen LogP contribution in [-0.4, -0.2) is 28.5 Å². The van der Waals surface area contributed by atoms with Gasteiger partial charge in [-0.15, -0.1) is 0 Å². The molecule has 0 aromatic carbocycles. The van der Waals surface area contributed by atoms with Crippen LogP contribution >= 0.6 is 0 Å². The molecule has 0 aliphatic rings. The molecule has 0 bridgehead atoms. The smallest absolute Gasteiger partial charge is 0.221 e. The van der Waals surface area contributed by atoms with Crippen molar-refractivity contribution in [1.29, 1.82) is 0 Å². The Morgan fingerprint density at radius 1 is 1.29 bits per heavy atom. The Kier molecular flexibility index (Phi) is 6.87. The monoisotopic (exact) mass is 294 g/mol. The predicted octanol–water partition coefficient (Wildman–Crippen LogP) is 1.35. The van der Waals surface area contributed by atoms with Crippen molar-refractivity contribution < 1.29 is 4.79 Å². The molecule has 0 unspecified atom stereocenters. The first-order valence-corrected chi connectivity index (χ1v) is 7.35. The molecule has 0 saturated heterocycles. The van der Waals surface area contributed by atoms with Gasteiger partial charge in [0.25, 0.3) is 0 Å². The molecule has 21 heavy (non-hydrogen) atoms. The van der Waals surface area contributed by atoms with Crippen molar-refractivity contribution in [2.75, 3.05) is 17.3 Å². The number of carbonyl (C=O) groups excluding carboxylic acids is 1. The molecule has 0 saturated carbocycles. The summed E-state index contributed by atoms with van der Waals surface area (Å²) in [5.74, 6) is 7.58. The number of aryl methyl sites for hydroxylation is 1. The van der Waals surface area contributed by atoms with E-state index >= 15 is 0 Å². The van der Waals surface area contributed by atoms with Gasteiger partial charge < -0.3 is 16.1 Å². The molecule has 0 fully saturated rings. The fourth-order valence-corrected chi connectivity index (χ4v) is 1.90. The van der Waals surface area contributed by atoms with Gasteiger partial charge in [-0.25, -0.2) is 15.8 Å². The van der Waals surface area contributed by atoms with E-state index in [0.717, 1.165) is 30.0 Å². The predicted molar refractivity (Wildman–Crippen MR) is 85.0 cm³/mol. The summed E-state index contributed by atoms with van der Waals surface area (Å²) >= 11 is 0. The topological polar surface area (TPSA) is 105 Å². The number of nitrogens with one attached hydrogen (secondary N) is 3. The third-order valence-corrected chi connectivity index (χ3v) is 2.90. The van der Waals surface area contributed by atoms with Gasteiger partial charge in [0.2, 0.25) is 5.91 Å². The lowest BCUT2D eigenvalue weighted by molar-refractivity contribution is -0.121. The largest absolute Gasteiger partial charge is 0.369 e. The summed E-state index contributed by atoms with van der Waals surface area (Å²) in [7, 11) is 0. The molecule has 1 heterocycles. The maximum absolute atomic E-state index is 11.6. The van der Waals surface area contributed by atoms with Crippen LogP contribution in [-0.2, 0) is 11.2 Å². The van der Waals surface area contributed by atoms with Crippen LogP contribution in [0.5, 0.6) is 0 Å². The van der Waals surface area contributed by atoms with E-state index in [-0.39, 0.29) is 11.9 Å². The highest BCUT2D eigenvalue weighted by atomic mass is 16.1. The maximum atomic E-state index is 11.6. The van der Waals surface area contributed by atoms with Crippen LogP contribution in [0.25, 0.3) is 0 Å². The molecule has 0 radical (unpaired) electrons. The summed E-state index contributed by atoms with van der Waals surface area (Å²) in [6, 6.07) is 0.155. The molecule has 0 aliphatic carbocycles. The molecule has 118 valence electrons. The molecule has 0 spiro atoms. The molecule has 1 aromatic rings. The van der Waals surface area contributed by atoms with Crippen molar-refractivity contribution >= 4 is 17.5 Å². The van der Waals surface area contributed by atoms with E-state index in [1.807, 2.05) is 20.8 Å². The third kappa shape index (κ3) is 5.55. The number of carbonyl (C=O) groups is 1. The van der Waals surface area contributed by atoms with Gasteiger partial charge in [-0.3, -0.25) is 4.79 Å². The summed E-state index contributed by atoms with van der Waals surface area (Å²) in [5, 5.41) is 6.04. The molecule has 7 nitrogen and oxygen atoms in total. The van der Waals surface area contributed by atoms with Crippen molar-refractivity contribution in [3.05, 3.63) is 11.4 Å². The van der Waals surface area contributed by atoms with E-state index in [0.29, 0.717) is 18.8 Å². The van der Waals surface area contributed by atoms with Gasteiger partial charge >= 0.3 is 0 Å². The highest BCUT2D eigenvalue weighted by Crippen LogP contribution is 2.19. The highest BCUT2D eigenvalue weighted by Gasteiger charge is 2.10. The van der Waals surface area contributed by atoms with Gasteiger partial charge in [0.05, 0.1) is 0 Å². The molecule has 7 heteroatoms. The molecule has 1 rings (SSSR count). The normalized spacial score (nSPS) is 10.6. The lowest BCUT2D eigenvalue weighted by Gasteiger charge is -2.14. The fraction of sp³-hybridized carbons (Fsp3) is 0.643. The van der Waals surface area contributed by atoms with E-state index in [2.05, 4.69) is 33.0 Å². The molecule has 0 aliphatic heterocycles. The summed E-state index contributed by atoms with van der Waals surface area (Å²) in [4.78, 5) is 20.4. The van der Waals surface area contributed by atoms with Crippen LogP contribution in [0.4, 0.5) is 11.6 Å². The number of nitrogen functional groups attached to an aromatic ring is 1. The number of anilines is 2. The van der Waals surface area contributed by atoms with Crippen molar-refractivity contribution in [1.82, 2.24) is 15.3 Å². The summed E-state index contributed by atoms with van der Waals surface area (Å²) in [5.41, 5.74) is 3.44. The van der Waals surface area contributed by atoms with Crippen LogP contribution < -0.4 is 21.9 Å². The minimum absolute atomic E-state index is 0.0233. The quantitative estimate of drug-likeness (QED) is 0.426. The number of nitrogens with zero attached hydrogens (tertiary/aromatic N) is 2. The number of amides is 1. The summed E-state index contributed by atoms with van der Waals surface area (Å²) in [6.45, 7) is 8.36. The molecule has 1 aromatic heterocycles. The van der Waals surface area contributed by atoms with Crippen molar-refractivity contribution in [2.45, 2.75) is 53.0 Å². The molecular weight excluding hydrogens is 268 g/mol. The number of aromatic nitrogens is 2. The van der Waals surface area contributed by atoms with Gasteiger partial charge in [-0.2, -0.15) is 0 Å². The lowest BCUT2D eigenvalue weighted by atomic mass is 10.2. The Balaban J connectivity index is 2.69. The molecule has 1 amide bonds. The van der Waals surface area contributed by atoms with E-state index in [4.69, 9.17) is 5.84 Å². The SMILES string of the molecule is CCCc1nc(NN)c(C)c(NCCC(=O)NC(C)C)n1. The zero-order valence-electron chi connectivity index (χ0n) is 13.3. The number of rotatable bonds is 8. The third-order valence-electron chi connectivity index (χ3n) is 2.90. The summed E-state index contributed by atoms with van der Waals surface area (Å²) in [6.07, 6.45) is 2.15. The first-order valence-electron chi connectivity index (χ1n) is 7.35. The van der Waals surface area contributed by atoms with Crippen molar-refractivity contribution in [3.8, 4) is 0 Å². The van der Waals surface area contributed by atoms with Crippen molar-refractivity contribution in [3.63, 3.8) is 0 Å². The van der Waals surface area contributed by atoms with Crippen molar-refractivity contribution in [2.24, 2.45) is 5.84 Å². The van der Waals surface area contributed by atoms with E-state index in [1.165, 1.54) is 0 Å².